The van der Waals surface area contributed by atoms with E-state index in [4.69, 9.17) is 4.74 Å². The van der Waals surface area contributed by atoms with Crippen LogP contribution in [0.15, 0.2) is 18.2 Å². The Morgan fingerprint density at radius 2 is 2.10 bits per heavy atom. The smallest absolute Gasteiger partial charge is 0.231 e. The number of aryl methyl sites for hydroxylation is 2. The second-order valence-electron chi connectivity index (χ2n) is 5.49. The van der Waals surface area contributed by atoms with Gasteiger partial charge in [0.15, 0.2) is 0 Å². The Morgan fingerprint density at radius 3 is 2.80 bits per heavy atom. The average Bonchev–Trinajstić information content (AvgIpc) is 2.89. The van der Waals surface area contributed by atoms with Gasteiger partial charge < -0.3 is 15.4 Å². The van der Waals surface area contributed by atoms with Gasteiger partial charge in [-0.3, -0.25) is 4.79 Å². The summed E-state index contributed by atoms with van der Waals surface area (Å²) < 4.78 is 5.45. The SMILES string of the molecule is CCCNC1COCC1C(=O)Nc1ccc(C)c(C)c1. The molecule has 2 N–H and O–H groups in total. The molecular formula is C16H24N2O2. The number of benzene rings is 1. The normalized spacial score (nSPS) is 21.9. The zero-order valence-electron chi connectivity index (χ0n) is 12.5. The summed E-state index contributed by atoms with van der Waals surface area (Å²) in [6, 6.07) is 6.12. The highest BCUT2D eigenvalue weighted by Crippen LogP contribution is 2.19. The number of nitrogens with one attached hydrogen (secondary N) is 2. The van der Waals surface area contributed by atoms with Gasteiger partial charge in [-0.05, 0) is 50.1 Å². The van der Waals surface area contributed by atoms with Gasteiger partial charge in [-0.25, -0.2) is 0 Å². The van der Waals surface area contributed by atoms with Crippen molar-refractivity contribution in [3.8, 4) is 0 Å². The fourth-order valence-corrected chi connectivity index (χ4v) is 2.40. The lowest BCUT2D eigenvalue weighted by Crippen LogP contribution is -2.41. The first-order chi connectivity index (χ1) is 9.61. The van der Waals surface area contributed by atoms with E-state index in [1.807, 2.05) is 18.2 Å². The van der Waals surface area contributed by atoms with Crippen LogP contribution in [0.4, 0.5) is 5.69 Å². The fraction of sp³-hybridized carbons (Fsp3) is 0.562. The molecule has 2 rings (SSSR count). The van der Waals surface area contributed by atoms with E-state index in [1.165, 1.54) is 11.1 Å². The van der Waals surface area contributed by atoms with Crippen LogP contribution in [0.2, 0.25) is 0 Å². The summed E-state index contributed by atoms with van der Waals surface area (Å²) in [5.41, 5.74) is 3.28. The maximum Gasteiger partial charge on any atom is 0.231 e. The van der Waals surface area contributed by atoms with Crippen LogP contribution in [0.25, 0.3) is 0 Å². The lowest BCUT2D eigenvalue weighted by molar-refractivity contribution is -0.120. The summed E-state index contributed by atoms with van der Waals surface area (Å²) in [6.45, 7) is 8.27. The Kier molecular flexibility index (Phi) is 5.15. The Hall–Kier alpha value is -1.39. The molecule has 0 saturated carbocycles. The summed E-state index contributed by atoms with van der Waals surface area (Å²) in [4.78, 5) is 12.4. The summed E-state index contributed by atoms with van der Waals surface area (Å²) in [6.07, 6.45) is 1.06. The standard InChI is InChI=1S/C16H24N2O2/c1-4-7-17-15-10-20-9-14(15)16(19)18-13-6-5-11(2)12(3)8-13/h5-6,8,14-15,17H,4,7,9-10H2,1-3H3,(H,18,19). The molecule has 0 radical (unpaired) electrons. The molecule has 1 amide bonds. The Bertz CT molecular complexity index is 474. The van der Waals surface area contributed by atoms with Gasteiger partial charge >= 0.3 is 0 Å². The predicted molar refractivity (Wildman–Crippen MR) is 80.9 cm³/mol. The molecule has 1 saturated heterocycles. The quantitative estimate of drug-likeness (QED) is 0.867. The molecule has 1 heterocycles. The van der Waals surface area contributed by atoms with Gasteiger partial charge in [0.2, 0.25) is 5.91 Å². The molecule has 0 spiro atoms. The Balaban J connectivity index is 1.98. The second-order valence-corrected chi connectivity index (χ2v) is 5.49. The van der Waals surface area contributed by atoms with E-state index in [9.17, 15) is 4.79 Å². The van der Waals surface area contributed by atoms with Crippen molar-refractivity contribution in [2.24, 2.45) is 5.92 Å². The third-order valence-electron chi connectivity index (χ3n) is 3.85. The summed E-state index contributed by atoms with van der Waals surface area (Å²) in [5.74, 6) is -0.0671. The molecule has 0 aromatic heterocycles. The summed E-state index contributed by atoms with van der Waals surface area (Å²) >= 11 is 0. The molecule has 1 aromatic rings. The third kappa shape index (κ3) is 3.58. The topological polar surface area (TPSA) is 50.4 Å². The van der Waals surface area contributed by atoms with Gasteiger partial charge in [0.05, 0.1) is 19.1 Å². The molecule has 2 atom stereocenters. The van der Waals surface area contributed by atoms with Gasteiger partial charge in [-0.15, -0.1) is 0 Å². The number of anilines is 1. The number of amides is 1. The zero-order valence-corrected chi connectivity index (χ0v) is 12.5. The lowest BCUT2D eigenvalue weighted by Gasteiger charge is -2.18. The first kappa shape index (κ1) is 15.0. The molecule has 1 aromatic carbocycles. The summed E-state index contributed by atoms with van der Waals surface area (Å²) in [5, 5.41) is 6.38. The Labute approximate surface area is 120 Å². The van der Waals surface area contributed by atoms with Crippen molar-refractivity contribution in [1.29, 1.82) is 0 Å². The summed E-state index contributed by atoms with van der Waals surface area (Å²) in [7, 11) is 0. The van der Waals surface area contributed by atoms with Crippen molar-refractivity contribution in [2.75, 3.05) is 25.1 Å². The fourth-order valence-electron chi connectivity index (χ4n) is 2.40. The highest BCUT2D eigenvalue weighted by Gasteiger charge is 2.33. The van der Waals surface area contributed by atoms with Crippen molar-refractivity contribution in [3.63, 3.8) is 0 Å². The minimum atomic E-state index is -0.108. The largest absolute Gasteiger partial charge is 0.379 e. The monoisotopic (exact) mass is 276 g/mol. The molecule has 0 bridgehead atoms. The van der Waals surface area contributed by atoms with Crippen LogP contribution < -0.4 is 10.6 Å². The van der Waals surface area contributed by atoms with Gasteiger partial charge in [0.25, 0.3) is 0 Å². The van der Waals surface area contributed by atoms with Crippen LogP contribution in [-0.4, -0.2) is 31.7 Å². The molecular weight excluding hydrogens is 252 g/mol. The number of carbonyl (C=O) groups is 1. The van der Waals surface area contributed by atoms with Crippen LogP contribution in [0.5, 0.6) is 0 Å². The van der Waals surface area contributed by atoms with Gasteiger partial charge in [0, 0.05) is 11.7 Å². The molecule has 0 aliphatic carbocycles. The molecule has 4 heteroatoms. The first-order valence-corrected chi connectivity index (χ1v) is 7.31. The minimum absolute atomic E-state index is 0.0411. The van der Waals surface area contributed by atoms with E-state index in [0.29, 0.717) is 13.2 Å². The third-order valence-corrected chi connectivity index (χ3v) is 3.85. The molecule has 1 aliphatic heterocycles. The van der Waals surface area contributed by atoms with E-state index < -0.39 is 0 Å². The molecule has 2 unspecified atom stereocenters. The molecule has 4 nitrogen and oxygen atoms in total. The van der Waals surface area contributed by atoms with Crippen molar-refractivity contribution in [3.05, 3.63) is 29.3 Å². The zero-order chi connectivity index (χ0) is 14.5. The Morgan fingerprint density at radius 1 is 1.30 bits per heavy atom. The van der Waals surface area contributed by atoms with Crippen molar-refractivity contribution < 1.29 is 9.53 Å². The number of carbonyl (C=O) groups excluding carboxylic acids is 1. The average molecular weight is 276 g/mol. The van der Waals surface area contributed by atoms with Gasteiger partial charge in [0.1, 0.15) is 0 Å². The van der Waals surface area contributed by atoms with Crippen LogP contribution in [-0.2, 0) is 9.53 Å². The highest BCUT2D eigenvalue weighted by atomic mass is 16.5. The van der Waals surface area contributed by atoms with E-state index in [0.717, 1.165) is 18.7 Å². The number of ether oxygens (including phenoxy) is 1. The number of hydrogen-bond donors (Lipinski definition) is 2. The van der Waals surface area contributed by atoms with Crippen molar-refractivity contribution in [1.82, 2.24) is 5.32 Å². The highest BCUT2D eigenvalue weighted by molar-refractivity contribution is 5.93. The molecule has 1 fully saturated rings. The van der Waals surface area contributed by atoms with E-state index in [1.54, 1.807) is 0 Å². The predicted octanol–water partition coefficient (Wildman–Crippen LogP) is 2.26. The number of hydrogen-bond acceptors (Lipinski definition) is 3. The van der Waals surface area contributed by atoms with Crippen LogP contribution in [0.3, 0.4) is 0 Å². The van der Waals surface area contributed by atoms with Crippen LogP contribution in [0, 0.1) is 19.8 Å². The van der Waals surface area contributed by atoms with Gasteiger partial charge in [-0.2, -0.15) is 0 Å². The van der Waals surface area contributed by atoms with E-state index in [2.05, 4.69) is 31.4 Å². The van der Waals surface area contributed by atoms with Crippen molar-refractivity contribution in [2.45, 2.75) is 33.2 Å². The molecule has 20 heavy (non-hydrogen) atoms. The minimum Gasteiger partial charge on any atom is -0.379 e. The molecule has 110 valence electrons. The second kappa shape index (κ2) is 6.86. The maximum absolute atomic E-state index is 12.4. The molecule has 1 aliphatic rings. The van der Waals surface area contributed by atoms with Crippen LogP contribution in [0.1, 0.15) is 24.5 Å². The van der Waals surface area contributed by atoms with Crippen molar-refractivity contribution >= 4 is 11.6 Å². The maximum atomic E-state index is 12.4. The van der Waals surface area contributed by atoms with Crippen LogP contribution >= 0.6 is 0 Å². The number of rotatable bonds is 5. The van der Waals surface area contributed by atoms with E-state index in [-0.39, 0.29) is 17.9 Å². The van der Waals surface area contributed by atoms with E-state index >= 15 is 0 Å². The van der Waals surface area contributed by atoms with Gasteiger partial charge in [-0.1, -0.05) is 13.0 Å². The first-order valence-electron chi connectivity index (χ1n) is 7.31. The lowest BCUT2D eigenvalue weighted by atomic mass is 10.0.